The van der Waals surface area contributed by atoms with Crippen molar-refractivity contribution in [3.63, 3.8) is 0 Å². The Bertz CT molecular complexity index is 1510. The zero-order valence-corrected chi connectivity index (χ0v) is 21.1. The van der Waals surface area contributed by atoms with Gasteiger partial charge < -0.3 is 9.55 Å². The van der Waals surface area contributed by atoms with Crippen molar-refractivity contribution in [3.8, 4) is 34.0 Å². The molecule has 0 amide bonds. The summed E-state index contributed by atoms with van der Waals surface area (Å²) in [5.41, 5.74) is 5.17. The fourth-order valence-corrected chi connectivity index (χ4v) is 4.43. The van der Waals surface area contributed by atoms with E-state index in [2.05, 4.69) is 54.6 Å². The van der Waals surface area contributed by atoms with Crippen LogP contribution in [0.4, 0.5) is 0 Å². The summed E-state index contributed by atoms with van der Waals surface area (Å²) in [6, 6.07) is 11.9. The molecule has 0 unspecified atom stereocenters. The molecule has 0 bridgehead atoms. The van der Waals surface area contributed by atoms with Crippen molar-refractivity contribution in [3.05, 3.63) is 70.8 Å². The van der Waals surface area contributed by atoms with E-state index >= 15 is 0 Å². The fraction of sp³-hybridized carbons (Fsp3) is 0.346. The molecule has 37 heavy (non-hydrogen) atoms. The van der Waals surface area contributed by atoms with Crippen LogP contribution in [0, 0.1) is 0 Å². The van der Waals surface area contributed by atoms with Gasteiger partial charge in [-0.3, -0.25) is 9.55 Å². The smallest absolute Gasteiger partial charge is 0.312 e. The van der Waals surface area contributed by atoms with Crippen molar-refractivity contribution in [1.82, 2.24) is 49.9 Å². The van der Waals surface area contributed by atoms with E-state index in [1.54, 1.807) is 17.1 Å². The number of imidazole rings is 1. The van der Waals surface area contributed by atoms with Gasteiger partial charge in [-0.05, 0) is 53.8 Å². The van der Waals surface area contributed by atoms with Crippen molar-refractivity contribution >= 4 is 0 Å². The first-order valence-corrected chi connectivity index (χ1v) is 12.7. The third-order valence-electron chi connectivity index (χ3n) is 6.39. The number of nitrogens with zero attached hydrogens (tertiary/aromatic N) is 8. The molecule has 0 radical (unpaired) electrons. The van der Waals surface area contributed by atoms with E-state index in [-0.39, 0.29) is 5.69 Å². The van der Waals surface area contributed by atoms with E-state index in [1.807, 2.05) is 41.0 Å². The highest BCUT2D eigenvalue weighted by Crippen LogP contribution is 2.26. The van der Waals surface area contributed by atoms with Gasteiger partial charge in [-0.25, -0.2) is 4.79 Å². The molecule has 2 N–H and O–H groups in total. The Morgan fingerprint density at radius 2 is 1.81 bits per heavy atom. The van der Waals surface area contributed by atoms with E-state index in [4.69, 9.17) is 0 Å². The summed E-state index contributed by atoms with van der Waals surface area (Å²) in [4.78, 5) is 20.8. The second kappa shape index (κ2) is 11.1. The zero-order valence-electron chi connectivity index (χ0n) is 21.1. The number of aryl methyl sites for hydroxylation is 1. The summed E-state index contributed by atoms with van der Waals surface area (Å²) in [5, 5.41) is 22.8. The topological polar surface area (TPSA) is 136 Å². The van der Waals surface area contributed by atoms with Gasteiger partial charge in [0.05, 0.1) is 17.9 Å². The van der Waals surface area contributed by atoms with Crippen LogP contribution in [0.2, 0.25) is 0 Å². The van der Waals surface area contributed by atoms with E-state index < -0.39 is 0 Å². The quantitative estimate of drug-likeness (QED) is 0.282. The number of unbranched alkanes of at least 4 members (excludes halogenated alkanes) is 2. The van der Waals surface area contributed by atoms with Crippen LogP contribution in [0.5, 0.6) is 0 Å². The van der Waals surface area contributed by atoms with Crippen molar-refractivity contribution in [1.29, 1.82) is 0 Å². The molecule has 0 fully saturated rings. The average molecular weight is 499 g/mol. The molecule has 1 aromatic carbocycles. The number of benzene rings is 1. The van der Waals surface area contributed by atoms with Crippen molar-refractivity contribution in [2.75, 3.05) is 0 Å². The minimum atomic E-state index is -0.169. The Balaban J connectivity index is 1.48. The summed E-state index contributed by atoms with van der Waals surface area (Å²) in [6.07, 6.45) is 8.34. The molecule has 0 saturated carbocycles. The van der Waals surface area contributed by atoms with Gasteiger partial charge in [-0.2, -0.15) is 5.21 Å². The molecule has 5 aromatic rings. The molecule has 4 heterocycles. The number of tetrazole rings is 1. The van der Waals surface area contributed by atoms with E-state index in [0.717, 1.165) is 72.4 Å². The van der Waals surface area contributed by atoms with Crippen molar-refractivity contribution < 1.29 is 0 Å². The lowest BCUT2D eigenvalue weighted by Gasteiger charge is -2.11. The third kappa shape index (κ3) is 5.25. The lowest BCUT2D eigenvalue weighted by atomic mass is 10.0. The third-order valence-corrected chi connectivity index (χ3v) is 6.39. The molecule has 190 valence electrons. The van der Waals surface area contributed by atoms with Gasteiger partial charge in [-0.1, -0.05) is 44.9 Å². The molecule has 0 aliphatic rings. The van der Waals surface area contributed by atoms with Gasteiger partial charge in [0.25, 0.3) is 0 Å². The maximum atomic E-state index is 13.2. The van der Waals surface area contributed by atoms with Crippen molar-refractivity contribution in [2.45, 2.75) is 59.0 Å². The molecule has 11 nitrogen and oxygen atoms in total. The highest BCUT2D eigenvalue weighted by molar-refractivity contribution is 5.70. The SMILES string of the molecule is CCCCc1c(-c2nncn2CCCC)[nH]c(=O)n1Cc1cc(-c2cccc(-c3nn[nH]n3)c2)ccn1. The number of aromatic nitrogens is 10. The molecule has 4 aromatic heterocycles. The van der Waals surface area contributed by atoms with Crippen LogP contribution >= 0.6 is 0 Å². The van der Waals surface area contributed by atoms with Gasteiger partial charge >= 0.3 is 5.69 Å². The maximum Gasteiger partial charge on any atom is 0.326 e. The second-order valence-corrected chi connectivity index (χ2v) is 9.00. The van der Waals surface area contributed by atoms with Crippen LogP contribution in [0.15, 0.2) is 53.7 Å². The molecule has 5 rings (SSSR count). The highest BCUT2D eigenvalue weighted by Gasteiger charge is 2.20. The number of hydrogen-bond acceptors (Lipinski definition) is 7. The molecular formula is C26H30N10O. The van der Waals surface area contributed by atoms with Gasteiger partial charge in [0.2, 0.25) is 5.82 Å². The number of H-pyrrole nitrogens is 2. The minimum Gasteiger partial charge on any atom is -0.312 e. The first kappa shape index (κ1) is 24.3. The molecule has 0 aliphatic heterocycles. The van der Waals surface area contributed by atoms with Crippen LogP contribution < -0.4 is 5.69 Å². The summed E-state index contributed by atoms with van der Waals surface area (Å²) in [6.45, 7) is 5.46. The van der Waals surface area contributed by atoms with E-state index in [0.29, 0.717) is 18.2 Å². The number of pyridine rings is 1. The minimum absolute atomic E-state index is 0.169. The summed E-state index contributed by atoms with van der Waals surface area (Å²) < 4.78 is 3.80. The normalized spacial score (nSPS) is 11.3. The lowest BCUT2D eigenvalue weighted by molar-refractivity contribution is 0.632. The highest BCUT2D eigenvalue weighted by atomic mass is 16.1. The Morgan fingerprint density at radius 3 is 2.62 bits per heavy atom. The summed E-state index contributed by atoms with van der Waals surface area (Å²) in [5.74, 6) is 1.24. The molecule has 0 atom stereocenters. The van der Waals surface area contributed by atoms with Gasteiger partial charge in [0.1, 0.15) is 12.0 Å². The van der Waals surface area contributed by atoms with Crippen LogP contribution in [0.1, 0.15) is 50.9 Å². The van der Waals surface area contributed by atoms with Crippen molar-refractivity contribution in [2.24, 2.45) is 0 Å². The average Bonchev–Trinajstić information content (AvgIpc) is 3.68. The Labute approximate surface area is 214 Å². The number of nitrogens with one attached hydrogen (secondary N) is 2. The summed E-state index contributed by atoms with van der Waals surface area (Å²) in [7, 11) is 0. The van der Waals surface area contributed by atoms with Crippen LogP contribution in [-0.4, -0.2) is 49.9 Å². The van der Waals surface area contributed by atoms with Gasteiger partial charge in [0.15, 0.2) is 5.82 Å². The predicted molar refractivity (Wildman–Crippen MR) is 140 cm³/mol. The van der Waals surface area contributed by atoms with Crippen LogP contribution in [0.3, 0.4) is 0 Å². The van der Waals surface area contributed by atoms with Gasteiger partial charge in [0, 0.05) is 18.3 Å². The van der Waals surface area contributed by atoms with Gasteiger partial charge in [-0.15, -0.1) is 20.4 Å². The molecular weight excluding hydrogens is 468 g/mol. The molecule has 11 heteroatoms. The standard InChI is InChI=1S/C26H30N10O/c1-3-5-10-22-23(25-32-28-17-35(25)13-6-4-2)29-26(37)36(22)16-21-15-19(11-12-27-21)18-8-7-9-20(14-18)24-30-33-34-31-24/h7-9,11-12,14-15,17H,3-6,10,13,16H2,1-2H3,(H,29,37)(H,30,31,33,34). The molecule has 0 aliphatic carbocycles. The zero-order chi connectivity index (χ0) is 25.6. The Morgan fingerprint density at radius 1 is 0.973 bits per heavy atom. The first-order valence-electron chi connectivity index (χ1n) is 12.7. The lowest BCUT2D eigenvalue weighted by Crippen LogP contribution is -2.20. The van der Waals surface area contributed by atoms with Crippen LogP contribution in [-0.2, 0) is 19.5 Å². The largest absolute Gasteiger partial charge is 0.326 e. The predicted octanol–water partition coefficient (Wildman–Crippen LogP) is 3.87. The van der Waals surface area contributed by atoms with Crippen LogP contribution in [0.25, 0.3) is 34.0 Å². The number of hydrogen-bond donors (Lipinski definition) is 2. The molecule has 0 saturated heterocycles. The first-order chi connectivity index (χ1) is 18.2. The summed E-state index contributed by atoms with van der Waals surface area (Å²) >= 11 is 0. The second-order valence-electron chi connectivity index (χ2n) is 9.00. The Hall–Kier alpha value is -4.41. The fourth-order valence-electron chi connectivity index (χ4n) is 4.43. The van der Waals surface area contributed by atoms with E-state index in [1.165, 1.54) is 0 Å². The van der Waals surface area contributed by atoms with E-state index in [9.17, 15) is 4.79 Å². The number of aromatic amines is 2. The maximum absolute atomic E-state index is 13.2. The Kier molecular flexibility index (Phi) is 7.29. The number of rotatable bonds is 11. The molecule has 0 spiro atoms. The monoisotopic (exact) mass is 498 g/mol.